The quantitative estimate of drug-likeness (QED) is 0.870. The monoisotopic (exact) mass is 335 g/mol. The molecule has 1 aliphatic heterocycles. The standard InChI is InChI=1S/C16H25N5O3/c1-11(14-17-10-24-20-14)18-15(22)12-5-4-8-21(9-12)16(23)19-13-6-2-3-7-13/h10-13H,2-9H2,1H3,(H,18,22)(H,19,23)/t11-,12-/m1/s1. The highest BCUT2D eigenvalue weighted by Crippen LogP contribution is 2.21. The number of carbonyl (C=O) groups excluding carboxylic acids is 2. The van der Waals surface area contributed by atoms with Crippen LogP contribution >= 0.6 is 0 Å². The van der Waals surface area contributed by atoms with Gasteiger partial charge in [0, 0.05) is 19.1 Å². The van der Waals surface area contributed by atoms with Gasteiger partial charge < -0.3 is 20.1 Å². The molecule has 8 nitrogen and oxygen atoms in total. The van der Waals surface area contributed by atoms with Crippen LogP contribution in [-0.4, -0.2) is 46.1 Å². The van der Waals surface area contributed by atoms with Gasteiger partial charge >= 0.3 is 6.03 Å². The fourth-order valence-corrected chi connectivity index (χ4v) is 3.48. The first-order valence-corrected chi connectivity index (χ1v) is 8.75. The summed E-state index contributed by atoms with van der Waals surface area (Å²) in [6.45, 7) is 2.99. The van der Waals surface area contributed by atoms with E-state index >= 15 is 0 Å². The minimum Gasteiger partial charge on any atom is -0.346 e. The van der Waals surface area contributed by atoms with Gasteiger partial charge in [-0.3, -0.25) is 4.79 Å². The van der Waals surface area contributed by atoms with Gasteiger partial charge in [-0.1, -0.05) is 18.0 Å². The van der Waals surface area contributed by atoms with Crippen molar-refractivity contribution in [3.8, 4) is 0 Å². The molecule has 2 atom stereocenters. The molecule has 0 spiro atoms. The Hall–Kier alpha value is -2.12. The van der Waals surface area contributed by atoms with Crippen molar-refractivity contribution in [1.29, 1.82) is 0 Å². The van der Waals surface area contributed by atoms with Gasteiger partial charge in [0.2, 0.25) is 12.3 Å². The summed E-state index contributed by atoms with van der Waals surface area (Å²) in [5, 5.41) is 9.74. The Bertz CT molecular complexity index is 556. The number of nitrogens with one attached hydrogen (secondary N) is 2. The summed E-state index contributed by atoms with van der Waals surface area (Å²) in [4.78, 5) is 30.6. The topological polar surface area (TPSA) is 100 Å². The van der Waals surface area contributed by atoms with Gasteiger partial charge in [0.05, 0.1) is 12.0 Å². The molecule has 132 valence electrons. The molecule has 3 rings (SSSR count). The van der Waals surface area contributed by atoms with Gasteiger partial charge in [-0.05, 0) is 32.6 Å². The van der Waals surface area contributed by atoms with Crippen molar-refractivity contribution in [2.45, 2.75) is 57.5 Å². The molecular formula is C16H25N5O3. The van der Waals surface area contributed by atoms with E-state index in [1.807, 2.05) is 6.92 Å². The van der Waals surface area contributed by atoms with E-state index in [4.69, 9.17) is 4.52 Å². The largest absolute Gasteiger partial charge is 0.346 e. The van der Waals surface area contributed by atoms with Gasteiger partial charge in [-0.15, -0.1) is 0 Å². The first kappa shape index (κ1) is 16.7. The number of piperidine rings is 1. The maximum absolute atomic E-state index is 12.5. The fourth-order valence-electron chi connectivity index (χ4n) is 3.48. The van der Waals surface area contributed by atoms with Crippen LogP contribution in [0, 0.1) is 5.92 Å². The third kappa shape index (κ3) is 4.04. The van der Waals surface area contributed by atoms with Crippen molar-refractivity contribution in [2.24, 2.45) is 5.92 Å². The Morgan fingerprint density at radius 3 is 2.79 bits per heavy atom. The normalized spacial score (nSPS) is 23.0. The van der Waals surface area contributed by atoms with Gasteiger partial charge in [0.15, 0.2) is 5.82 Å². The summed E-state index contributed by atoms with van der Waals surface area (Å²) in [5.74, 6) is 0.197. The predicted octanol–water partition coefficient (Wildman–Crippen LogP) is 1.61. The molecule has 1 aromatic heterocycles. The van der Waals surface area contributed by atoms with Crippen molar-refractivity contribution in [1.82, 2.24) is 25.7 Å². The number of aromatic nitrogens is 2. The Morgan fingerprint density at radius 2 is 2.08 bits per heavy atom. The molecule has 0 bridgehead atoms. The van der Waals surface area contributed by atoms with Crippen molar-refractivity contribution in [3.05, 3.63) is 12.2 Å². The van der Waals surface area contributed by atoms with E-state index in [1.165, 1.54) is 19.2 Å². The SMILES string of the molecule is C[C@@H](NC(=O)[C@@H]1CCCN(C(=O)NC2CCCC2)C1)c1ncon1. The van der Waals surface area contributed by atoms with Crippen LogP contribution in [0.1, 0.15) is 57.3 Å². The Labute approximate surface area is 141 Å². The first-order valence-electron chi connectivity index (χ1n) is 8.75. The van der Waals surface area contributed by atoms with Crippen LogP contribution < -0.4 is 10.6 Å². The molecular weight excluding hydrogens is 310 g/mol. The lowest BCUT2D eigenvalue weighted by Gasteiger charge is -2.33. The van der Waals surface area contributed by atoms with Crippen molar-refractivity contribution >= 4 is 11.9 Å². The molecule has 0 unspecified atom stereocenters. The van der Waals surface area contributed by atoms with Crippen LogP contribution in [0.2, 0.25) is 0 Å². The van der Waals surface area contributed by atoms with Gasteiger partial charge in [0.25, 0.3) is 0 Å². The molecule has 8 heteroatoms. The zero-order valence-electron chi connectivity index (χ0n) is 14.0. The molecule has 0 aromatic carbocycles. The summed E-state index contributed by atoms with van der Waals surface area (Å²) in [6.07, 6.45) is 7.36. The minimum atomic E-state index is -0.307. The van der Waals surface area contributed by atoms with E-state index < -0.39 is 0 Å². The smallest absolute Gasteiger partial charge is 0.317 e. The van der Waals surface area contributed by atoms with E-state index in [0.29, 0.717) is 25.0 Å². The van der Waals surface area contributed by atoms with E-state index in [1.54, 1.807) is 4.90 Å². The van der Waals surface area contributed by atoms with E-state index in [9.17, 15) is 9.59 Å². The lowest BCUT2D eigenvalue weighted by atomic mass is 9.97. The lowest BCUT2D eigenvalue weighted by Crippen LogP contribution is -2.50. The number of nitrogens with zero attached hydrogens (tertiary/aromatic N) is 3. The van der Waals surface area contributed by atoms with Crippen LogP contribution in [0.15, 0.2) is 10.9 Å². The van der Waals surface area contributed by atoms with Crippen LogP contribution in [0.25, 0.3) is 0 Å². The molecule has 24 heavy (non-hydrogen) atoms. The zero-order chi connectivity index (χ0) is 16.9. The lowest BCUT2D eigenvalue weighted by molar-refractivity contribution is -0.127. The summed E-state index contributed by atoms with van der Waals surface area (Å²) >= 11 is 0. The number of amides is 3. The van der Waals surface area contributed by atoms with E-state index in [-0.39, 0.29) is 23.9 Å². The molecule has 2 aliphatic rings. The van der Waals surface area contributed by atoms with Gasteiger partial charge in [-0.2, -0.15) is 4.98 Å². The second-order valence-electron chi connectivity index (χ2n) is 6.74. The zero-order valence-corrected chi connectivity index (χ0v) is 14.0. The Kier molecular flexibility index (Phi) is 5.32. The molecule has 1 saturated carbocycles. The third-order valence-electron chi connectivity index (χ3n) is 4.89. The Morgan fingerprint density at radius 1 is 1.29 bits per heavy atom. The maximum atomic E-state index is 12.5. The number of hydrogen-bond acceptors (Lipinski definition) is 5. The van der Waals surface area contributed by atoms with Crippen LogP contribution in [0.5, 0.6) is 0 Å². The summed E-state index contributed by atoms with van der Waals surface area (Å²) in [7, 11) is 0. The molecule has 2 N–H and O–H groups in total. The van der Waals surface area contributed by atoms with Crippen molar-refractivity contribution in [3.63, 3.8) is 0 Å². The van der Waals surface area contributed by atoms with Gasteiger partial charge in [-0.25, -0.2) is 4.79 Å². The summed E-state index contributed by atoms with van der Waals surface area (Å²) < 4.78 is 4.70. The Balaban J connectivity index is 1.50. The molecule has 2 heterocycles. The molecule has 3 amide bonds. The molecule has 1 aromatic rings. The fraction of sp³-hybridized carbons (Fsp3) is 0.750. The number of carbonyl (C=O) groups is 2. The summed E-state index contributed by atoms with van der Waals surface area (Å²) in [6, 6.07) is -0.0467. The maximum Gasteiger partial charge on any atom is 0.317 e. The molecule has 1 saturated heterocycles. The highest BCUT2D eigenvalue weighted by molar-refractivity contribution is 5.81. The number of hydrogen-bond donors (Lipinski definition) is 2. The summed E-state index contributed by atoms with van der Waals surface area (Å²) in [5.41, 5.74) is 0. The highest BCUT2D eigenvalue weighted by atomic mass is 16.5. The number of rotatable bonds is 4. The average molecular weight is 335 g/mol. The first-order chi connectivity index (χ1) is 11.6. The van der Waals surface area contributed by atoms with E-state index in [0.717, 1.165) is 25.7 Å². The highest BCUT2D eigenvalue weighted by Gasteiger charge is 2.30. The second kappa shape index (κ2) is 7.63. The number of likely N-dealkylation sites (tertiary alicyclic amines) is 1. The predicted molar refractivity (Wildman–Crippen MR) is 85.9 cm³/mol. The second-order valence-corrected chi connectivity index (χ2v) is 6.74. The van der Waals surface area contributed by atoms with Crippen LogP contribution in [-0.2, 0) is 4.79 Å². The third-order valence-corrected chi connectivity index (χ3v) is 4.89. The average Bonchev–Trinajstić information content (AvgIpc) is 3.28. The van der Waals surface area contributed by atoms with Crippen LogP contribution in [0.3, 0.4) is 0 Å². The molecule has 0 radical (unpaired) electrons. The van der Waals surface area contributed by atoms with Crippen LogP contribution in [0.4, 0.5) is 4.79 Å². The van der Waals surface area contributed by atoms with E-state index in [2.05, 4.69) is 20.8 Å². The van der Waals surface area contributed by atoms with Crippen molar-refractivity contribution in [2.75, 3.05) is 13.1 Å². The minimum absolute atomic E-state index is 0.0365. The number of urea groups is 1. The molecule has 2 fully saturated rings. The van der Waals surface area contributed by atoms with Gasteiger partial charge in [0.1, 0.15) is 0 Å². The molecule has 1 aliphatic carbocycles. The van der Waals surface area contributed by atoms with Crippen molar-refractivity contribution < 1.29 is 14.1 Å².